The molecule has 0 bridgehead atoms. The number of hydrogen-bond donors (Lipinski definition) is 1. The van der Waals surface area contributed by atoms with E-state index < -0.39 is 5.54 Å². The van der Waals surface area contributed by atoms with Gasteiger partial charge in [-0.05, 0) is 25.3 Å². The second-order valence-electron chi connectivity index (χ2n) is 6.43. The van der Waals surface area contributed by atoms with Gasteiger partial charge >= 0.3 is 6.03 Å². The average Bonchev–Trinajstić information content (AvgIpc) is 2.72. The van der Waals surface area contributed by atoms with E-state index in [0.29, 0.717) is 13.1 Å². The van der Waals surface area contributed by atoms with Crippen LogP contribution in [0.2, 0.25) is 0 Å². The summed E-state index contributed by atoms with van der Waals surface area (Å²) in [4.78, 5) is 27.5. The molecule has 0 spiro atoms. The molecule has 2 aromatic carbocycles. The Morgan fingerprint density at radius 1 is 1.09 bits per heavy atom. The first-order valence-corrected chi connectivity index (χ1v) is 7.73. The van der Waals surface area contributed by atoms with Crippen molar-refractivity contribution in [2.45, 2.75) is 19.4 Å². The van der Waals surface area contributed by atoms with E-state index in [9.17, 15) is 9.59 Å². The van der Waals surface area contributed by atoms with Crippen LogP contribution in [0.4, 0.5) is 10.5 Å². The minimum absolute atomic E-state index is 0.172. The third-order valence-electron chi connectivity index (χ3n) is 4.28. The lowest BCUT2D eigenvalue weighted by atomic mass is 10.1. The summed E-state index contributed by atoms with van der Waals surface area (Å²) < 4.78 is 0. The largest absolute Gasteiger partial charge is 0.372 e. The van der Waals surface area contributed by atoms with Gasteiger partial charge in [-0.3, -0.25) is 9.69 Å². The first-order valence-electron chi connectivity index (χ1n) is 7.73. The summed E-state index contributed by atoms with van der Waals surface area (Å²) in [7, 11) is 1.98. The van der Waals surface area contributed by atoms with Crippen molar-refractivity contribution >= 4 is 28.4 Å². The number of urea groups is 1. The van der Waals surface area contributed by atoms with Crippen molar-refractivity contribution in [3.63, 3.8) is 0 Å². The number of likely N-dealkylation sites (N-methyl/N-ethyl adjacent to an activating group) is 1. The van der Waals surface area contributed by atoms with Crippen LogP contribution in [0.15, 0.2) is 42.5 Å². The van der Waals surface area contributed by atoms with Gasteiger partial charge in [-0.15, -0.1) is 0 Å². The number of carbonyl (C=O) groups excluding carboxylic acids is 2. The van der Waals surface area contributed by atoms with E-state index in [-0.39, 0.29) is 11.9 Å². The summed E-state index contributed by atoms with van der Waals surface area (Å²) in [5.74, 6) is -0.172. The third-order valence-corrected chi connectivity index (χ3v) is 4.28. The molecule has 0 unspecified atom stereocenters. The van der Waals surface area contributed by atoms with Gasteiger partial charge in [0.2, 0.25) is 0 Å². The fourth-order valence-electron chi connectivity index (χ4n) is 2.93. The van der Waals surface area contributed by atoms with Gasteiger partial charge in [0.15, 0.2) is 0 Å². The molecule has 2 aromatic rings. The number of rotatable bonds is 4. The smallest absolute Gasteiger partial charge is 0.325 e. The number of benzene rings is 2. The molecule has 5 nitrogen and oxygen atoms in total. The van der Waals surface area contributed by atoms with Gasteiger partial charge in [0.05, 0.1) is 0 Å². The summed E-state index contributed by atoms with van der Waals surface area (Å²) in [5.41, 5.74) is 0.282. The van der Waals surface area contributed by atoms with E-state index in [0.717, 1.165) is 11.1 Å². The average molecular weight is 311 g/mol. The van der Waals surface area contributed by atoms with Gasteiger partial charge in [-0.2, -0.15) is 0 Å². The van der Waals surface area contributed by atoms with Crippen LogP contribution >= 0.6 is 0 Å². The molecule has 0 atom stereocenters. The highest BCUT2D eigenvalue weighted by atomic mass is 16.2. The van der Waals surface area contributed by atoms with E-state index in [1.54, 1.807) is 13.8 Å². The van der Waals surface area contributed by atoms with Crippen molar-refractivity contribution < 1.29 is 9.59 Å². The van der Waals surface area contributed by atoms with E-state index in [1.807, 2.05) is 25.2 Å². The van der Waals surface area contributed by atoms with E-state index in [1.165, 1.54) is 10.3 Å². The monoisotopic (exact) mass is 311 g/mol. The van der Waals surface area contributed by atoms with Crippen LogP contribution < -0.4 is 10.2 Å². The first kappa shape index (κ1) is 15.3. The molecule has 3 rings (SSSR count). The van der Waals surface area contributed by atoms with Crippen molar-refractivity contribution in [3.8, 4) is 0 Å². The zero-order chi connectivity index (χ0) is 16.6. The van der Waals surface area contributed by atoms with Gasteiger partial charge in [0, 0.05) is 31.2 Å². The lowest BCUT2D eigenvalue weighted by Crippen LogP contribution is -2.41. The standard InChI is InChI=1S/C18H21N3O2/c1-18(2)16(22)21(17(23)19-18)12-11-20(3)15-10-6-8-13-7-4-5-9-14(13)15/h4-10H,11-12H2,1-3H3,(H,19,23). The molecule has 3 amide bonds. The molecular weight excluding hydrogens is 290 g/mol. The van der Waals surface area contributed by atoms with E-state index in [2.05, 4.69) is 34.5 Å². The van der Waals surface area contributed by atoms with Crippen molar-refractivity contribution in [3.05, 3.63) is 42.5 Å². The number of imide groups is 1. The van der Waals surface area contributed by atoms with Gasteiger partial charge in [0.25, 0.3) is 5.91 Å². The lowest BCUT2D eigenvalue weighted by Gasteiger charge is -2.24. The number of anilines is 1. The van der Waals surface area contributed by atoms with Crippen molar-refractivity contribution in [1.29, 1.82) is 0 Å². The second-order valence-corrected chi connectivity index (χ2v) is 6.43. The quantitative estimate of drug-likeness (QED) is 0.883. The Balaban J connectivity index is 1.76. The lowest BCUT2D eigenvalue weighted by molar-refractivity contribution is -0.130. The van der Waals surface area contributed by atoms with Crippen LogP contribution in [-0.4, -0.2) is 42.5 Å². The van der Waals surface area contributed by atoms with Crippen LogP contribution in [-0.2, 0) is 4.79 Å². The van der Waals surface area contributed by atoms with Crippen LogP contribution in [0.5, 0.6) is 0 Å². The Labute approximate surface area is 135 Å². The molecule has 0 saturated carbocycles. The molecular formula is C18H21N3O2. The van der Waals surface area contributed by atoms with Crippen LogP contribution in [0.3, 0.4) is 0 Å². The molecule has 1 aliphatic heterocycles. The Morgan fingerprint density at radius 3 is 2.48 bits per heavy atom. The van der Waals surface area contributed by atoms with Crippen molar-refractivity contribution in [2.24, 2.45) is 0 Å². The van der Waals surface area contributed by atoms with Crippen molar-refractivity contribution in [2.75, 3.05) is 25.0 Å². The van der Waals surface area contributed by atoms with E-state index >= 15 is 0 Å². The molecule has 120 valence electrons. The minimum atomic E-state index is -0.810. The molecule has 1 fully saturated rings. The molecule has 0 aromatic heterocycles. The van der Waals surface area contributed by atoms with Gasteiger partial charge < -0.3 is 10.2 Å². The molecule has 1 heterocycles. The molecule has 0 aliphatic carbocycles. The Hall–Kier alpha value is -2.56. The number of carbonyl (C=O) groups is 2. The number of nitrogens with one attached hydrogen (secondary N) is 1. The number of fused-ring (bicyclic) bond motifs is 1. The molecule has 1 N–H and O–H groups in total. The highest BCUT2D eigenvalue weighted by Crippen LogP contribution is 2.26. The predicted octanol–water partition coefficient (Wildman–Crippen LogP) is 2.61. The summed E-state index contributed by atoms with van der Waals surface area (Å²) in [6.45, 7) is 4.40. The Bertz CT molecular complexity index is 764. The molecule has 5 heteroatoms. The highest BCUT2D eigenvalue weighted by molar-refractivity contribution is 6.06. The van der Waals surface area contributed by atoms with Crippen LogP contribution in [0.25, 0.3) is 10.8 Å². The first-order chi connectivity index (χ1) is 10.9. The summed E-state index contributed by atoms with van der Waals surface area (Å²) in [6, 6.07) is 14.0. The van der Waals surface area contributed by atoms with Gasteiger partial charge in [-0.1, -0.05) is 36.4 Å². The topological polar surface area (TPSA) is 52.6 Å². The summed E-state index contributed by atoms with van der Waals surface area (Å²) in [6.07, 6.45) is 0. The second kappa shape index (κ2) is 5.57. The maximum absolute atomic E-state index is 12.2. The fourth-order valence-corrected chi connectivity index (χ4v) is 2.93. The number of amides is 3. The molecule has 23 heavy (non-hydrogen) atoms. The molecule has 1 aliphatic rings. The third kappa shape index (κ3) is 2.74. The van der Waals surface area contributed by atoms with Crippen LogP contribution in [0, 0.1) is 0 Å². The zero-order valence-electron chi connectivity index (χ0n) is 13.7. The Kier molecular flexibility index (Phi) is 3.72. The van der Waals surface area contributed by atoms with Crippen LogP contribution in [0.1, 0.15) is 13.8 Å². The number of nitrogens with zero attached hydrogens (tertiary/aromatic N) is 2. The minimum Gasteiger partial charge on any atom is -0.372 e. The SMILES string of the molecule is CN(CCN1C(=O)NC(C)(C)C1=O)c1cccc2ccccc12. The van der Waals surface area contributed by atoms with Crippen molar-refractivity contribution in [1.82, 2.24) is 10.2 Å². The summed E-state index contributed by atoms with van der Waals surface area (Å²) >= 11 is 0. The maximum atomic E-state index is 12.2. The predicted molar refractivity (Wildman–Crippen MR) is 91.5 cm³/mol. The fraction of sp³-hybridized carbons (Fsp3) is 0.333. The highest BCUT2D eigenvalue weighted by Gasteiger charge is 2.43. The summed E-state index contributed by atoms with van der Waals surface area (Å²) in [5, 5.41) is 5.04. The molecule has 0 radical (unpaired) electrons. The Morgan fingerprint density at radius 2 is 1.78 bits per heavy atom. The number of hydrogen-bond acceptors (Lipinski definition) is 3. The van der Waals surface area contributed by atoms with E-state index in [4.69, 9.17) is 0 Å². The van der Waals surface area contributed by atoms with Gasteiger partial charge in [-0.25, -0.2) is 4.79 Å². The normalized spacial score (nSPS) is 16.7. The van der Waals surface area contributed by atoms with Gasteiger partial charge in [0.1, 0.15) is 5.54 Å². The maximum Gasteiger partial charge on any atom is 0.325 e. The zero-order valence-corrected chi connectivity index (χ0v) is 13.7. The molecule has 1 saturated heterocycles.